The van der Waals surface area contributed by atoms with Crippen LogP contribution in [-0.4, -0.2) is 40.5 Å². The van der Waals surface area contributed by atoms with Gasteiger partial charge >= 0.3 is 18.0 Å². The minimum Gasteiger partial charge on any atom is -0.481 e. The number of urea groups is 1. The number of allylic oxidation sites excluding steroid dienone is 1. The summed E-state index contributed by atoms with van der Waals surface area (Å²) >= 11 is 0. The molecule has 0 spiro atoms. The second-order valence-electron chi connectivity index (χ2n) is 20.6. The summed E-state index contributed by atoms with van der Waals surface area (Å²) in [6.07, 6.45) is 7.49. The fraction of sp³-hybridized carbons (Fsp3) is 0.733. The highest BCUT2D eigenvalue weighted by atomic mass is 16.5. The van der Waals surface area contributed by atoms with Crippen molar-refractivity contribution in [2.45, 2.75) is 158 Å². The van der Waals surface area contributed by atoms with Crippen molar-refractivity contribution in [2.75, 3.05) is 0 Å². The number of carboxylic acid groups (broad SMARTS) is 1. The van der Waals surface area contributed by atoms with Crippen LogP contribution in [0.3, 0.4) is 0 Å². The quantitative estimate of drug-likeness (QED) is 0.229. The molecule has 0 heterocycles. The van der Waals surface area contributed by atoms with Gasteiger partial charge in [-0.05, 0) is 136 Å². The molecule has 8 heteroatoms. The summed E-state index contributed by atoms with van der Waals surface area (Å²) in [7, 11) is 0. The van der Waals surface area contributed by atoms with Gasteiger partial charge < -0.3 is 20.5 Å². The standard InChI is InChI=1S/C45H66N2O6/c1-27(2)35-30(48)25-45(47-38(52)46-41(7,8)28-15-13-12-14-16-28)24-23-43(10)29(36(35)45)17-18-32-42(9)21-20-33(53-34(49)26-39(3,4)37(50)51)40(5,6)31(42)19-22-44(32,43)11/h12-16,27,29,31-33H,17-26H2,1-11H3,(H,50,51)(H2,46,47,52)/t29-,31+,32-,33+,42+,43-,44-,45-/m1/s1. The Balaban J connectivity index is 1.28. The van der Waals surface area contributed by atoms with Crippen LogP contribution in [0, 0.1) is 50.7 Å². The van der Waals surface area contributed by atoms with E-state index in [0.29, 0.717) is 18.3 Å². The Hall–Kier alpha value is -3.16. The lowest BCUT2D eigenvalue weighted by Gasteiger charge is -2.72. The highest BCUT2D eigenvalue weighted by Crippen LogP contribution is 2.76. The number of hydrogen-bond acceptors (Lipinski definition) is 5. The summed E-state index contributed by atoms with van der Waals surface area (Å²) < 4.78 is 6.16. The summed E-state index contributed by atoms with van der Waals surface area (Å²) in [5, 5.41) is 16.3. The van der Waals surface area contributed by atoms with Gasteiger partial charge in [-0.25, -0.2) is 4.79 Å². The normalized spacial score (nSPS) is 36.5. The van der Waals surface area contributed by atoms with Crippen molar-refractivity contribution >= 4 is 23.8 Å². The molecule has 6 rings (SSSR count). The van der Waals surface area contributed by atoms with E-state index >= 15 is 0 Å². The molecule has 8 atom stereocenters. The number of esters is 1. The molecule has 3 N–H and O–H groups in total. The van der Waals surface area contributed by atoms with E-state index in [2.05, 4.69) is 59.1 Å². The third-order valence-corrected chi connectivity index (χ3v) is 16.1. The van der Waals surface area contributed by atoms with Crippen molar-refractivity contribution in [3.63, 3.8) is 0 Å². The topological polar surface area (TPSA) is 122 Å². The van der Waals surface area contributed by atoms with Crippen LogP contribution in [0.4, 0.5) is 4.79 Å². The van der Waals surface area contributed by atoms with Crippen molar-refractivity contribution in [1.29, 1.82) is 0 Å². The van der Waals surface area contributed by atoms with Gasteiger partial charge in [-0.1, -0.05) is 78.8 Å². The molecule has 0 aromatic heterocycles. The van der Waals surface area contributed by atoms with Crippen LogP contribution in [0.2, 0.25) is 0 Å². The first-order chi connectivity index (χ1) is 24.5. The number of fused-ring (bicyclic) bond motifs is 7. The maximum atomic E-state index is 14.0. The molecule has 5 aliphatic rings. The summed E-state index contributed by atoms with van der Waals surface area (Å²) in [6, 6.07) is 9.79. The highest BCUT2D eigenvalue weighted by molar-refractivity contribution is 6.02. The second-order valence-corrected chi connectivity index (χ2v) is 20.6. The van der Waals surface area contributed by atoms with Crippen molar-refractivity contribution in [3.8, 4) is 0 Å². The third-order valence-electron chi connectivity index (χ3n) is 16.1. The van der Waals surface area contributed by atoms with E-state index in [1.807, 2.05) is 44.2 Å². The zero-order valence-electron chi connectivity index (χ0n) is 34.3. The molecule has 4 fully saturated rings. The molecule has 53 heavy (non-hydrogen) atoms. The zero-order chi connectivity index (χ0) is 39.2. The van der Waals surface area contributed by atoms with Crippen LogP contribution in [0.25, 0.3) is 0 Å². The Kier molecular flexibility index (Phi) is 9.67. The van der Waals surface area contributed by atoms with Gasteiger partial charge in [0.1, 0.15) is 6.10 Å². The number of carbonyl (C=O) groups excluding carboxylic acids is 3. The maximum Gasteiger partial charge on any atom is 0.316 e. The van der Waals surface area contributed by atoms with Crippen molar-refractivity contribution in [1.82, 2.24) is 10.6 Å². The summed E-state index contributed by atoms with van der Waals surface area (Å²) in [5.41, 5.74) is 0.511. The van der Waals surface area contributed by atoms with Gasteiger partial charge in [0, 0.05) is 11.8 Å². The number of ketones is 1. The van der Waals surface area contributed by atoms with Crippen molar-refractivity contribution in [2.24, 2.45) is 50.7 Å². The molecular formula is C45H66N2O6. The molecule has 2 amide bonds. The Morgan fingerprint density at radius 3 is 2.15 bits per heavy atom. The predicted molar refractivity (Wildman–Crippen MR) is 207 cm³/mol. The largest absolute Gasteiger partial charge is 0.481 e. The number of ether oxygens (including phenoxy) is 1. The Morgan fingerprint density at radius 2 is 1.53 bits per heavy atom. The molecule has 292 valence electrons. The molecular weight excluding hydrogens is 665 g/mol. The Bertz CT molecular complexity index is 1690. The van der Waals surface area contributed by atoms with E-state index in [9.17, 15) is 24.3 Å². The first-order valence-electron chi connectivity index (χ1n) is 20.3. The van der Waals surface area contributed by atoms with Crippen molar-refractivity contribution < 1.29 is 29.0 Å². The molecule has 5 aliphatic carbocycles. The fourth-order valence-electron chi connectivity index (χ4n) is 13.0. The monoisotopic (exact) mass is 730 g/mol. The minimum absolute atomic E-state index is 0.0245. The molecule has 0 radical (unpaired) electrons. The smallest absolute Gasteiger partial charge is 0.316 e. The van der Waals surface area contributed by atoms with Crippen LogP contribution < -0.4 is 10.6 Å². The van der Waals surface area contributed by atoms with E-state index in [1.165, 1.54) is 5.57 Å². The van der Waals surface area contributed by atoms with Crippen LogP contribution in [0.5, 0.6) is 0 Å². The van der Waals surface area contributed by atoms with Gasteiger partial charge in [0.2, 0.25) is 0 Å². The molecule has 0 aliphatic heterocycles. The number of carboxylic acids is 1. The summed E-state index contributed by atoms with van der Waals surface area (Å²) in [5.74, 6) is -0.141. The molecule has 0 bridgehead atoms. The van der Waals surface area contributed by atoms with Gasteiger partial charge in [0.05, 0.1) is 22.9 Å². The first-order valence-corrected chi connectivity index (χ1v) is 20.3. The Labute approximate surface area is 318 Å². The van der Waals surface area contributed by atoms with Gasteiger partial charge in [0.25, 0.3) is 0 Å². The van der Waals surface area contributed by atoms with Crippen LogP contribution in [-0.2, 0) is 24.7 Å². The molecule has 8 nitrogen and oxygen atoms in total. The van der Waals surface area contributed by atoms with E-state index in [4.69, 9.17) is 4.74 Å². The maximum absolute atomic E-state index is 14.0. The molecule has 4 saturated carbocycles. The van der Waals surface area contributed by atoms with E-state index in [0.717, 1.165) is 62.5 Å². The Morgan fingerprint density at radius 1 is 0.868 bits per heavy atom. The average Bonchev–Trinajstić information content (AvgIpc) is 3.34. The molecule has 1 aromatic carbocycles. The lowest BCUT2D eigenvalue weighted by atomic mass is 9.33. The zero-order valence-corrected chi connectivity index (χ0v) is 34.3. The highest BCUT2D eigenvalue weighted by Gasteiger charge is 2.70. The van der Waals surface area contributed by atoms with E-state index in [1.54, 1.807) is 13.8 Å². The van der Waals surface area contributed by atoms with Crippen LogP contribution >= 0.6 is 0 Å². The number of carbonyl (C=O) groups is 4. The van der Waals surface area contributed by atoms with E-state index in [-0.39, 0.29) is 57.8 Å². The lowest BCUT2D eigenvalue weighted by Crippen LogP contribution is -2.67. The number of hydrogen-bond donors (Lipinski definition) is 3. The van der Waals surface area contributed by atoms with Crippen molar-refractivity contribution in [3.05, 3.63) is 47.0 Å². The number of aliphatic carboxylic acids is 1. The van der Waals surface area contributed by atoms with Crippen LogP contribution in [0.1, 0.15) is 146 Å². The fourth-order valence-corrected chi connectivity index (χ4v) is 13.0. The number of nitrogens with one attached hydrogen (secondary N) is 2. The van der Waals surface area contributed by atoms with Crippen LogP contribution in [0.15, 0.2) is 41.5 Å². The van der Waals surface area contributed by atoms with Gasteiger partial charge in [-0.2, -0.15) is 0 Å². The average molecular weight is 731 g/mol. The van der Waals surface area contributed by atoms with Gasteiger partial charge in [0.15, 0.2) is 5.78 Å². The van der Waals surface area contributed by atoms with E-state index < -0.39 is 28.4 Å². The summed E-state index contributed by atoms with van der Waals surface area (Å²) in [6.45, 7) is 23.5. The number of benzene rings is 1. The number of rotatable bonds is 8. The number of Topliss-reactive ketones (excluding diaryl/α,β-unsaturated/α-hetero) is 1. The molecule has 0 unspecified atom stereocenters. The summed E-state index contributed by atoms with van der Waals surface area (Å²) in [4.78, 5) is 52.9. The van der Waals surface area contributed by atoms with Gasteiger partial charge in [-0.3, -0.25) is 14.4 Å². The number of amides is 2. The lowest BCUT2D eigenvalue weighted by molar-refractivity contribution is -0.232. The third kappa shape index (κ3) is 6.16. The minimum atomic E-state index is -1.17. The molecule has 0 saturated heterocycles. The molecule has 1 aromatic rings. The van der Waals surface area contributed by atoms with Gasteiger partial charge in [-0.15, -0.1) is 0 Å². The first kappa shape index (κ1) is 39.5. The SMILES string of the molecule is CC(C)C1=C2[C@H]3CC[C@@H]4[C@@]5(C)CC[C@H](OC(=O)CC(C)(C)C(=O)O)C(C)(C)[C@@H]5CC[C@@]4(C)[C@]3(C)CC[C@@]2(NC(=O)NC(C)(C)c2ccccc2)CC1=O. The second kappa shape index (κ2) is 13.0. The predicted octanol–water partition coefficient (Wildman–Crippen LogP) is 9.37.